The molecule has 6 heteroatoms. The van der Waals surface area contributed by atoms with Gasteiger partial charge in [0.2, 0.25) is 5.91 Å². The number of aryl methyl sites for hydroxylation is 1. The lowest BCUT2D eigenvalue weighted by atomic mass is 9.82. The van der Waals surface area contributed by atoms with Crippen LogP contribution in [0.5, 0.6) is 0 Å². The molecule has 2 saturated carbocycles. The Balaban J connectivity index is 1.51. The van der Waals surface area contributed by atoms with Gasteiger partial charge in [0.05, 0.1) is 30.2 Å². The third-order valence-corrected chi connectivity index (χ3v) is 5.78. The Morgan fingerprint density at radius 3 is 2.70 bits per heavy atom. The molecule has 2 fully saturated rings. The van der Waals surface area contributed by atoms with Crippen molar-refractivity contribution in [1.82, 2.24) is 20.6 Å². The molecule has 0 aliphatic heterocycles. The van der Waals surface area contributed by atoms with Gasteiger partial charge in [0.25, 0.3) is 0 Å². The lowest BCUT2D eigenvalue weighted by Crippen LogP contribution is -2.50. The second-order valence-corrected chi connectivity index (χ2v) is 8.04. The summed E-state index contributed by atoms with van der Waals surface area (Å²) < 4.78 is 6.15. The van der Waals surface area contributed by atoms with Gasteiger partial charge in [0.15, 0.2) is 0 Å². The van der Waals surface area contributed by atoms with Crippen LogP contribution in [0.4, 0.5) is 0 Å². The van der Waals surface area contributed by atoms with Crippen LogP contribution in [0.2, 0.25) is 0 Å². The number of carbonyl (C=O) groups excluding carboxylic acids is 1. The van der Waals surface area contributed by atoms with E-state index >= 15 is 0 Å². The van der Waals surface area contributed by atoms with E-state index in [1.807, 2.05) is 6.92 Å². The summed E-state index contributed by atoms with van der Waals surface area (Å²) in [6.45, 7) is 5.24. The van der Waals surface area contributed by atoms with Crippen molar-refractivity contribution in [2.24, 2.45) is 5.92 Å². The van der Waals surface area contributed by atoms with Gasteiger partial charge in [-0.25, -0.2) is 0 Å². The smallest absolute Gasteiger partial charge is 0.223 e. The Kier molecular flexibility index (Phi) is 7.59. The maximum atomic E-state index is 12.7. The average molecular weight is 375 g/mol. The first-order valence-corrected chi connectivity index (χ1v) is 10.6. The molecule has 3 rings (SSSR count). The van der Waals surface area contributed by atoms with Crippen molar-refractivity contribution < 1.29 is 9.53 Å². The van der Waals surface area contributed by atoms with E-state index < -0.39 is 0 Å². The summed E-state index contributed by atoms with van der Waals surface area (Å²) in [6.07, 6.45) is 12.5. The van der Waals surface area contributed by atoms with Crippen LogP contribution in [-0.2, 0) is 16.1 Å². The van der Waals surface area contributed by atoms with Crippen LogP contribution in [-0.4, -0.2) is 40.7 Å². The van der Waals surface area contributed by atoms with Crippen molar-refractivity contribution in [3.63, 3.8) is 0 Å². The molecular weight excluding hydrogens is 340 g/mol. The highest BCUT2D eigenvalue weighted by Crippen LogP contribution is 2.29. The Labute approximate surface area is 162 Å². The Morgan fingerprint density at radius 2 is 2.00 bits per heavy atom. The van der Waals surface area contributed by atoms with Crippen LogP contribution < -0.4 is 10.6 Å². The molecule has 0 bridgehead atoms. The molecule has 2 aliphatic carbocycles. The number of ether oxygens (including phenoxy) is 1. The monoisotopic (exact) mass is 374 g/mol. The van der Waals surface area contributed by atoms with Gasteiger partial charge in [-0.1, -0.05) is 19.8 Å². The quantitative estimate of drug-likeness (QED) is 0.732. The van der Waals surface area contributed by atoms with E-state index in [1.165, 1.54) is 25.7 Å². The van der Waals surface area contributed by atoms with Crippen LogP contribution in [0.15, 0.2) is 12.4 Å². The van der Waals surface area contributed by atoms with E-state index in [-0.39, 0.29) is 17.9 Å². The molecule has 0 spiro atoms. The van der Waals surface area contributed by atoms with Gasteiger partial charge in [-0.2, -0.15) is 0 Å². The summed E-state index contributed by atoms with van der Waals surface area (Å²) >= 11 is 0. The highest BCUT2D eigenvalue weighted by molar-refractivity contribution is 5.78. The maximum Gasteiger partial charge on any atom is 0.223 e. The molecule has 0 saturated heterocycles. The summed E-state index contributed by atoms with van der Waals surface area (Å²) in [7, 11) is 0. The standard InChI is InChI=1S/C21H34N4O2/c1-3-10-27-20-11-16(8-9-19(20)25-17-6-4-5-7-17)21(26)24-14-18-13-22-15(2)12-23-18/h12-13,16-17,19-20,25H,3-11,14H2,1-2H3,(H,24,26)/t16-,19+,20+/m0/s1. The van der Waals surface area contributed by atoms with Crippen LogP contribution in [0, 0.1) is 12.8 Å². The second-order valence-electron chi connectivity index (χ2n) is 8.04. The average Bonchev–Trinajstić information content (AvgIpc) is 3.19. The van der Waals surface area contributed by atoms with Gasteiger partial charge in [-0.15, -0.1) is 0 Å². The first kappa shape index (κ1) is 20.2. The molecule has 3 atom stereocenters. The van der Waals surface area contributed by atoms with Crippen LogP contribution >= 0.6 is 0 Å². The van der Waals surface area contributed by atoms with Gasteiger partial charge in [0.1, 0.15) is 0 Å². The van der Waals surface area contributed by atoms with E-state index in [0.717, 1.165) is 43.7 Å². The molecule has 150 valence electrons. The zero-order chi connectivity index (χ0) is 19.1. The minimum atomic E-state index is 0.0203. The van der Waals surface area contributed by atoms with Crippen LogP contribution in [0.3, 0.4) is 0 Å². The molecule has 1 aromatic heterocycles. The first-order chi connectivity index (χ1) is 13.2. The Hall–Kier alpha value is -1.53. The van der Waals surface area contributed by atoms with Crippen LogP contribution in [0.25, 0.3) is 0 Å². The van der Waals surface area contributed by atoms with Crippen molar-refractivity contribution in [1.29, 1.82) is 0 Å². The predicted molar refractivity (Wildman–Crippen MR) is 105 cm³/mol. The predicted octanol–water partition coefficient (Wildman–Crippen LogP) is 2.90. The summed E-state index contributed by atoms with van der Waals surface area (Å²) in [5.41, 5.74) is 1.68. The molecule has 2 N–H and O–H groups in total. The summed E-state index contributed by atoms with van der Waals surface area (Å²) in [5, 5.41) is 6.86. The van der Waals surface area contributed by atoms with Crippen molar-refractivity contribution in [2.45, 2.75) is 89.9 Å². The number of nitrogens with zero attached hydrogens (tertiary/aromatic N) is 2. The molecule has 6 nitrogen and oxygen atoms in total. The zero-order valence-corrected chi connectivity index (χ0v) is 16.7. The lowest BCUT2D eigenvalue weighted by Gasteiger charge is -2.37. The normalized spacial score (nSPS) is 26.2. The van der Waals surface area contributed by atoms with Gasteiger partial charge in [0, 0.05) is 30.8 Å². The third kappa shape index (κ3) is 5.98. The van der Waals surface area contributed by atoms with Crippen molar-refractivity contribution >= 4 is 5.91 Å². The van der Waals surface area contributed by atoms with Gasteiger partial charge < -0.3 is 15.4 Å². The van der Waals surface area contributed by atoms with E-state index in [2.05, 4.69) is 27.5 Å². The highest BCUT2D eigenvalue weighted by Gasteiger charge is 2.35. The molecule has 0 unspecified atom stereocenters. The Bertz CT molecular complexity index is 586. The second kappa shape index (κ2) is 10.1. The van der Waals surface area contributed by atoms with Crippen LogP contribution in [0.1, 0.15) is 69.7 Å². The molecule has 1 amide bonds. The largest absolute Gasteiger partial charge is 0.377 e. The van der Waals surface area contributed by atoms with Crippen molar-refractivity contribution in [2.75, 3.05) is 6.61 Å². The Morgan fingerprint density at radius 1 is 1.19 bits per heavy atom. The third-order valence-electron chi connectivity index (χ3n) is 5.78. The molecule has 2 aliphatic rings. The number of hydrogen-bond donors (Lipinski definition) is 2. The topological polar surface area (TPSA) is 76.1 Å². The molecule has 1 aromatic rings. The fourth-order valence-corrected chi connectivity index (χ4v) is 4.24. The summed E-state index contributed by atoms with van der Waals surface area (Å²) in [5.74, 6) is 0.133. The van der Waals surface area contributed by atoms with Gasteiger partial charge >= 0.3 is 0 Å². The number of carbonyl (C=O) groups is 1. The highest BCUT2D eigenvalue weighted by atomic mass is 16.5. The minimum absolute atomic E-state index is 0.0203. The molecule has 0 aromatic carbocycles. The lowest BCUT2D eigenvalue weighted by molar-refractivity contribution is -0.128. The molecule has 27 heavy (non-hydrogen) atoms. The minimum Gasteiger partial charge on any atom is -0.377 e. The van der Waals surface area contributed by atoms with Gasteiger partial charge in [-0.05, 0) is 45.4 Å². The first-order valence-electron chi connectivity index (χ1n) is 10.6. The summed E-state index contributed by atoms with van der Waals surface area (Å²) in [6, 6.07) is 1.01. The number of aromatic nitrogens is 2. The maximum absolute atomic E-state index is 12.7. The van der Waals surface area contributed by atoms with Gasteiger partial charge in [-0.3, -0.25) is 14.8 Å². The molecule has 1 heterocycles. The fourth-order valence-electron chi connectivity index (χ4n) is 4.24. The number of nitrogens with one attached hydrogen (secondary N) is 2. The van der Waals surface area contributed by atoms with E-state index in [0.29, 0.717) is 18.6 Å². The number of hydrogen-bond acceptors (Lipinski definition) is 5. The molecular formula is C21H34N4O2. The zero-order valence-electron chi connectivity index (χ0n) is 16.7. The van der Waals surface area contributed by atoms with Crippen molar-refractivity contribution in [3.05, 3.63) is 23.8 Å². The van der Waals surface area contributed by atoms with E-state index in [1.54, 1.807) is 12.4 Å². The number of amides is 1. The summed E-state index contributed by atoms with van der Waals surface area (Å²) in [4.78, 5) is 21.2. The van der Waals surface area contributed by atoms with E-state index in [4.69, 9.17) is 4.74 Å². The SMILES string of the molecule is CCCO[C@@H]1C[C@@H](C(=O)NCc2cnc(C)cn2)CC[C@H]1NC1CCCC1. The van der Waals surface area contributed by atoms with E-state index in [9.17, 15) is 4.79 Å². The fraction of sp³-hybridized carbons (Fsp3) is 0.762. The van der Waals surface area contributed by atoms with Crippen molar-refractivity contribution in [3.8, 4) is 0 Å². The molecule has 0 radical (unpaired) electrons. The number of rotatable bonds is 8.